The number of rotatable bonds is 5. The average Bonchev–Trinajstić information content (AvgIpc) is 2.83. The number of alkyl halides is 3. The fourth-order valence-corrected chi connectivity index (χ4v) is 2.33. The smallest absolute Gasteiger partial charge is 0.416 e. The zero-order valence-electron chi connectivity index (χ0n) is 12.7. The van der Waals surface area contributed by atoms with Gasteiger partial charge in [-0.3, -0.25) is 14.4 Å². The number of hydrogen-bond donors (Lipinski definition) is 0. The fourth-order valence-electron chi connectivity index (χ4n) is 2.33. The van der Waals surface area contributed by atoms with E-state index < -0.39 is 23.6 Å². The van der Waals surface area contributed by atoms with Gasteiger partial charge in [-0.05, 0) is 30.3 Å². The van der Waals surface area contributed by atoms with Crippen molar-refractivity contribution in [1.29, 1.82) is 0 Å². The van der Waals surface area contributed by atoms with E-state index in [2.05, 4.69) is 0 Å². The summed E-state index contributed by atoms with van der Waals surface area (Å²) in [5.41, 5.74) is -0.344. The number of carbonyl (C=O) groups is 2. The Bertz CT molecular complexity index is 785. The lowest BCUT2D eigenvalue weighted by Gasteiger charge is -2.14. The summed E-state index contributed by atoms with van der Waals surface area (Å²) in [5.74, 6) is -1.15. The van der Waals surface area contributed by atoms with Gasteiger partial charge in [-0.25, -0.2) is 0 Å². The number of fused-ring (bicyclic) bond motifs is 1. The standard InChI is InChI=1S/C17H12F3NO4/c18-17(19,20)11-4-3-5-12(10-11)24-8-9-25-21-15(22)13-6-1-2-7-14(13)16(21)23/h1-7,10H,8-9H2. The van der Waals surface area contributed by atoms with Gasteiger partial charge >= 0.3 is 6.18 Å². The van der Waals surface area contributed by atoms with E-state index in [0.29, 0.717) is 5.06 Å². The van der Waals surface area contributed by atoms with Crippen LogP contribution < -0.4 is 4.74 Å². The van der Waals surface area contributed by atoms with E-state index in [1.807, 2.05) is 0 Å². The Hall–Kier alpha value is -2.87. The Morgan fingerprint density at radius 2 is 1.52 bits per heavy atom. The highest BCUT2D eigenvalue weighted by molar-refractivity contribution is 6.20. The zero-order valence-corrected chi connectivity index (χ0v) is 12.7. The van der Waals surface area contributed by atoms with Crippen LogP contribution in [0.15, 0.2) is 48.5 Å². The van der Waals surface area contributed by atoms with Crippen LogP contribution in [0.5, 0.6) is 5.75 Å². The number of amides is 2. The van der Waals surface area contributed by atoms with Crippen LogP contribution in [0.1, 0.15) is 26.3 Å². The molecule has 0 N–H and O–H groups in total. The summed E-state index contributed by atoms with van der Waals surface area (Å²) >= 11 is 0. The molecule has 0 spiro atoms. The highest BCUT2D eigenvalue weighted by Crippen LogP contribution is 2.31. The summed E-state index contributed by atoms with van der Waals surface area (Å²) < 4.78 is 43.0. The first-order valence-corrected chi connectivity index (χ1v) is 7.29. The number of hydroxylamine groups is 2. The molecule has 25 heavy (non-hydrogen) atoms. The lowest BCUT2D eigenvalue weighted by Crippen LogP contribution is -2.31. The maximum absolute atomic E-state index is 12.6. The van der Waals surface area contributed by atoms with Gasteiger partial charge in [-0.2, -0.15) is 13.2 Å². The number of carbonyl (C=O) groups excluding carboxylic acids is 2. The molecule has 2 aromatic carbocycles. The highest BCUT2D eigenvalue weighted by atomic mass is 19.4. The van der Waals surface area contributed by atoms with Crippen LogP contribution in [0.3, 0.4) is 0 Å². The normalized spacial score (nSPS) is 14.0. The van der Waals surface area contributed by atoms with Crippen LogP contribution in [0.25, 0.3) is 0 Å². The molecule has 1 aliphatic heterocycles. The Balaban J connectivity index is 1.55. The molecule has 0 atom stereocenters. The Morgan fingerprint density at radius 3 is 2.12 bits per heavy atom. The molecule has 0 saturated carbocycles. The summed E-state index contributed by atoms with van der Waals surface area (Å²) in [6.07, 6.45) is -4.46. The first kappa shape index (κ1) is 17.0. The molecular formula is C17H12F3NO4. The molecule has 1 heterocycles. The predicted molar refractivity (Wildman–Crippen MR) is 79.8 cm³/mol. The SMILES string of the molecule is O=C1c2ccccc2C(=O)N1OCCOc1cccc(C(F)(F)F)c1. The lowest BCUT2D eigenvalue weighted by molar-refractivity contribution is -0.137. The van der Waals surface area contributed by atoms with E-state index in [1.54, 1.807) is 12.1 Å². The van der Waals surface area contributed by atoms with Gasteiger partial charge in [0.2, 0.25) is 0 Å². The predicted octanol–water partition coefficient (Wildman–Crippen LogP) is 3.31. The number of hydrogen-bond acceptors (Lipinski definition) is 4. The van der Waals surface area contributed by atoms with Crippen LogP contribution in [0.4, 0.5) is 13.2 Å². The number of benzene rings is 2. The summed E-state index contributed by atoms with van der Waals surface area (Å²) in [6, 6.07) is 10.7. The van der Waals surface area contributed by atoms with Crippen molar-refractivity contribution >= 4 is 11.8 Å². The third-order valence-electron chi connectivity index (χ3n) is 3.49. The maximum atomic E-state index is 12.6. The van der Waals surface area contributed by atoms with Crippen molar-refractivity contribution in [2.75, 3.05) is 13.2 Å². The first-order valence-electron chi connectivity index (χ1n) is 7.29. The molecule has 3 rings (SSSR count). The molecule has 0 fully saturated rings. The first-order chi connectivity index (χ1) is 11.9. The van der Waals surface area contributed by atoms with E-state index >= 15 is 0 Å². The van der Waals surface area contributed by atoms with Crippen molar-refractivity contribution in [3.63, 3.8) is 0 Å². The van der Waals surface area contributed by atoms with Gasteiger partial charge in [0.25, 0.3) is 11.8 Å². The molecule has 0 aromatic heterocycles. The molecule has 2 amide bonds. The van der Waals surface area contributed by atoms with Gasteiger partial charge in [0.15, 0.2) is 0 Å². The Labute approximate surface area is 140 Å². The van der Waals surface area contributed by atoms with E-state index in [0.717, 1.165) is 12.1 Å². The van der Waals surface area contributed by atoms with Gasteiger partial charge in [0.1, 0.15) is 19.0 Å². The Morgan fingerprint density at radius 1 is 0.880 bits per heavy atom. The summed E-state index contributed by atoms with van der Waals surface area (Å²) in [4.78, 5) is 29.2. The molecular weight excluding hydrogens is 339 g/mol. The fraction of sp³-hybridized carbons (Fsp3) is 0.176. The minimum absolute atomic E-state index is 0.0146. The minimum atomic E-state index is -4.46. The van der Waals surface area contributed by atoms with Crippen molar-refractivity contribution in [1.82, 2.24) is 5.06 Å². The van der Waals surface area contributed by atoms with E-state index in [4.69, 9.17) is 9.57 Å². The van der Waals surface area contributed by atoms with Gasteiger partial charge in [0, 0.05) is 0 Å². The van der Waals surface area contributed by atoms with Crippen molar-refractivity contribution in [2.45, 2.75) is 6.18 Å². The molecule has 130 valence electrons. The van der Waals surface area contributed by atoms with Crippen LogP contribution in [0, 0.1) is 0 Å². The Kier molecular flexibility index (Phi) is 4.45. The van der Waals surface area contributed by atoms with Crippen LogP contribution in [-0.4, -0.2) is 30.1 Å². The van der Waals surface area contributed by atoms with Crippen molar-refractivity contribution in [3.8, 4) is 5.75 Å². The largest absolute Gasteiger partial charge is 0.491 e. The molecule has 0 aliphatic carbocycles. The van der Waals surface area contributed by atoms with Crippen molar-refractivity contribution in [3.05, 3.63) is 65.2 Å². The average molecular weight is 351 g/mol. The topological polar surface area (TPSA) is 55.8 Å². The maximum Gasteiger partial charge on any atom is 0.416 e. The second kappa shape index (κ2) is 6.56. The van der Waals surface area contributed by atoms with Crippen LogP contribution >= 0.6 is 0 Å². The van der Waals surface area contributed by atoms with Gasteiger partial charge < -0.3 is 4.74 Å². The van der Waals surface area contributed by atoms with Crippen molar-refractivity contribution < 1.29 is 32.3 Å². The zero-order chi connectivity index (χ0) is 18.0. The summed E-state index contributed by atoms with van der Waals surface area (Å²) in [5, 5.41) is 0.625. The second-order valence-electron chi connectivity index (χ2n) is 5.16. The van der Waals surface area contributed by atoms with Gasteiger partial charge in [0.05, 0.1) is 16.7 Å². The lowest BCUT2D eigenvalue weighted by atomic mass is 10.1. The quantitative estimate of drug-likeness (QED) is 0.613. The van der Waals surface area contributed by atoms with E-state index in [-0.39, 0.29) is 30.1 Å². The molecule has 8 heteroatoms. The molecule has 0 unspecified atom stereocenters. The molecule has 0 radical (unpaired) electrons. The monoisotopic (exact) mass is 351 g/mol. The van der Waals surface area contributed by atoms with Crippen molar-refractivity contribution in [2.24, 2.45) is 0 Å². The molecule has 0 saturated heterocycles. The summed E-state index contributed by atoms with van der Waals surface area (Å²) in [7, 11) is 0. The van der Waals surface area contributed by atoms with Gasteiger partial charge in [-0.1, -0.05) is 18.2 Å². The van der Waals surface area contributed by atoms with Crippen LogP contribution in [0.2, 0.25) is 0 Å². The highest BCUT2D eigenvalue weighted by Gasteiger charge is 2.36. The second-order valence-corrected chi connectivity index (χ2v) is 5.16. The number of imide groups is 1. The molecule has 5 nitrogen and oxygen atoms in total. The molecule has 0 bridgehead atoms. The third-order valence-corrected chi connectivity index (χ3v) is 3.49. The third kappa shape index (κ3) is 3.48. The molecule has 1 aliphatic rings. The molecule has 2 aromatic rings. The number of nitrogens with zero attached hydrogens (tertiary/aromatic N) is 1. The minimum Gasteiger partial charge on any atom is -0.491 e. The number of ether oxygens (including phenoxy) is 1. The van der Waals surface area contributed by atoms with E-state index in [9.17, 15) is 22.8 Å². The number of halogens is 3. The van der Waals surface area contributed by atoms with Crippen LogP contribution in [-0.2, 0) is 11.0 Å². The van der Waals surface area contributed by atoms with Gasteiger partial charge in [-0.15, -0.1) is 5.06 Å². The van der Waals surface area contributed by atoms with E-state index in [1.165, 1.54) is 24.3 Å². The summed E-state index contributed by atoms with van der Waals surface area (Å²) in [6.45, 7) is -0.309.